The lowest BCUT2D eigenvalue weighted by Crippen LogP contribution is -2.25. The van der Waals surface area contributed by atoms with E-state index in [1.807, 2.05) is 6.07 Å². The topological polar surface area (TPSA) is 38.8 Å². The van der Waals surface area contributed by atoms with E-state index >= 15 is 0 Å². The second-order valence-electron chi connectivity index (χ2n) is 6.01. The second-order valence-corrected chi connectivity index (χ2v) is 6.01. The van der Waals surface area contributed by atoms with Crippen molar-refractivity contribution >= 4 is 11.6 Å². The van der Waals surface area contributed by atoms with Crippen molar-refractivity contribution in [1.82, 2.24) is 4.90 Å². The van der Waals surface area contributed by atoms with E-state index in [-0.39, 0.29) is 12.7 Å². The fourth-order valence-electron chi connectivity index (χ4n) is 3.28. The first-order valence-electron chi connectivity index (χ1n) is 8.10. The Bertz CT molecular complexity index is 566. The molecule has 1 atom stereocenters. The fraction of sp³-hybridized carbons (Fsp3) is 0.500. The fourth-order valence-corrected chi connectivity index (χ4v) is 3.28. The summed E-state index contributed by atoms with van der Waals surface area (Å²) in [6.07, 6.45) is 4.59. The van der Waals surface area contributed by atoms with E-state index < -0.39 is 0 Å². The van der Waals surface area contributed by atoms with Gasteiger partial charge < -0.3 is 14.4 Å². The number of hydrogen-bond donors (Lipinski definition) is 0. The Kier molecular flexibility index (Phi) is 4.10. The highest BCUT2D eigenvalue weighted by Gasteiger charge is 2.33. The molecule has 22 heavy (non-hydrogen) atoms. The zero-order chi connectivity index (χ0) is 15.7. The summed E-state index contributed by atoms with van der Waals surface area (Å²) in [5, 5.41) is 0. The molecule has 2 aliphatic rings. The average molecular weight is 301 g/mol. The molecular weight excluding hydrogens is 278 g/mol. The number of ether oxygens (including phenoxy) is 2. The van der Waals surface area contributed by atoms with Crippen LogP contribution in [0.15, 0.2) is 18.7 Å². The molecule has 118 valence electrons. The first-order chi connectivity index (χ1) is 10.7. The summed E-state index contributed by atoms with van der Waals surface area (Å²) in [6, 6.07) is 3.66. The first-order valence-corrected chi connectivity index (χ1v) is 8.10. The maximum Gasteiger partial charge on any atom is 0.259 e. The van der Waals surface area contributed by atoms with Crippen LogP contribution in [0.1, 0.15) is 55.5 Å². The molecule has 2 heterocycles. The van der Waals surface area contributed by atoms with Gasteiger partial charge in [-0.15, -0.1) is 0 Å². The molecule has 1 aromatic rings. The number of fused-ring (bicyclic) bond motifs is 2. The number of carbonyl (C=O) groups is 1. The maximum absolute atomic E-state index is 12.6. The summed E-state index contributed by atoms with van der Waals surface area (Å²) in [6.45, 7) is 9.49. The van der Waals surface area contributed by atoms with Crippen molar-refractivity contribution in [3.8, 4) is 11.5 Å². The van der Waals surface area contributed by atoms with E-state index in [2.05, 4.69) is 20.4 Å². The summed E-state index contributed by atoms with van der Waals surface area (Å²) in [5.41, 5.74) is 2.33. The van der Waals surface area contributed by atoms with Crippen LogP contribution in [0.5, 0.6) is 11.5 Å². The zero-order valence-corrected chi connectivity index (χ0v) is 13.4. The summed E-state index contributed by atoms with van der Waals surface area (Å²) < 4.78 is 10.8. The van der Waals surface area contributed by atoms with Gasteiger partial charge in [-0.05, 0) is 24.5 Å². The van der Waals surface area contributed by atoms with Crippen LogP contribution in [-0.4, -0.2) is 24.1 Å². The third-order valence-electron chi connectivity index (χ3n) is 4.66. The molecule has 0 fully saturated rings. The van der Waals surface area contributed by atoms with Crippen LogP contribution in [0.25, 0.3) is 5.70 Å². The van der Waals surface area contributed by atoms with Crippen molar-refractivity contribution in [1.29, 1.82) is 0 Å². The number of benzene rings is 1. The van der Waals surface area contributed by atoms with E-state index in [0.29, 0.717) is 23.0 Å². The molecule has 0 spiro atoms. The minimum atomic E-state index is 0.0321. The molecule has 3 rings (SSSR count). The molecule has 0 saturated heterocycles. The third kappa shape index (κ3) is 2.47. The van der Waals surface area contributed by atoms with Gasteiger partial charge in [-0.2, -0.15) is 0 Å². The van der Waals surface area contributed by atoms with Crippen molar-refractivity contribution in [2.75, 3.05) is 13.3 Å². The average Bonchev–Trinajstić information content (AvgIpc) is 3.07. The van der Waals surface area contributed by atoms with Gasteiger partial charge in [0, 0.05) is 17.8 Å². The molecule has 1 unspecified atom stereocenters. The number of amides is 1. The minimum absolute atomic E-state index is 0.0321. The summed E-state index contributed by atoms with van der Waals surface area (Å²) >= 11 is 0. The summed E-state index contributed by atoms with van der Waals surface area (Å²) in [4.78, 5) is 14.4. The minimum Gasteiger partial charge on any atom is -0.454 e. The smallest absolute Gasteiger partial charge is 0.259 e. The summed E-state index contributed by atoms with van der Waals surface area (Å²) in [7, 11) is 0. The van der Waals surface area contributed by atoms with Crippen LogP contribution in [-0.2, 0) is 0 Å². The van der Waals surface area contributed by atoms with Gasteiger partial charge in [0.2, 0.25) is 6.79 Å². The molecule has 0 N–H and O–H groups in total. The van der Waals surface area contributed by atoms with Gasteiger partial charge in [0.15, 0.2) is 11.5 Å². The van der Waals surface area contributed by atoms with Gasteiger partial charge in [0.25, 0.3) is 5.91 Å². The van der Waals surface area contributed by atoms with Crippen LogP contribution < -0.4 is 9.47 Å². The van der Waals surface area contributed by atoms with Gasteiger partial charge in [-0.25, -0.2) is 0 Å². The zero-order valence-electron chi connectivity index (χ0n) is 13.4. The van der Waals surface area contributed by atoms with Crippen molar-refractivity contribution in [3.05, 3.63) is 29.8 Å². The number of hydrogen-bond acceptors (Lipinski definition) is 3. The molecule has 1 aromatic carbocycles. The van der Waals surface area contributed by atoms with Gasteiger partial charge in [-0.1, -0.05) is 39.7 Å². The van der Waals surface area contributed by atoms with Crippen molar-refractivity contribution < 1.29 is 14.3 Å². The highest BCUT2D eigenvalue weighted by molar-refractivity contribution is 6.09. The normalized spacial score (nSPS) is 17.1. The Hall–Kier alpha value is -1.97. The molecule has 2 aliphatic heterocycles. The van der Waals surface area contributed by atoms with Crippen LogP contribution >= 0.6 is 0 Å². The lowest BCUT2D eigenvalue weighted by molar-refractivity contribution is 0.0843. The highest BCUT2D eigenvalue weighted by atomic mass is 16.7. The Morgan fingerprint density at radius 3 is 2.50 bits per heavy atom. The predicted octanol–water partition coefficient (Wildman–Crippen LogP) is 4.06. The highest BCUT2D eigenvalue weighted by Crippen LogP contribution is 2.41. The largest absolute Gasteiger partial charge is 0.454 e. The van der Waals surface area contributed by atoms with E-state index in [0.717, 1.165) is 30.6 Å². The van der Waals surface area contributed by atoms with E-state index in [4.69, 9.17) is 9.47 Å². The summed E-state index contributed by atoms with van der Waals surface area (Å²) in [5.74, 6) is 2.06. The molecule has 0 aromatic heterocycles. The number of nitrogens with zero attached hydrogens (tertiary/aromatic N) is 1. The Balaban J connectivity index is 1.76. The van der Waals surface area contributed by atoms with E-state index in [1.54, 1.807) is 11.0 Å². The third-order valence-corrected chi connectivity index (χ3v) is 4.66. The maximum atomic E-state index is 12.6. The molecule has 0 bridgehead atoms. The van der Waals surface area contributed by atoms with Gasteiger partial charge in [0.05, 0.1) is 5.56 Å². The van der Waals surface area contributed by atoms with Crippen LogP contribution in [0.4, 0.5) is 0 Å². The van der Waals surface area contributed by atoms with E-state index in [9.17, 15) is 4.79 Å². The van der Waals surface area contributed by atoms with Gasteiger partial charge >= 0.3 is 0 Å². The van der Waals surface area contributed by atoms with Crippen LogP contribution in [0.3, 0.4) is 0 Å². The number of carbonyl (C=O) groups excluding carboxylic acids is 1. The Morgan fingerprint density at radius 2 is 1.86 bits per heavy atom. The lowest BCUT2D eigenvalue weighted by atomic mass is 9.97. The van der Waals surface area contributed by atoms with Crippen molar-refractivity contribution in [2.45, 2.75) is 39.5 Å². The Morgan fingerprint density at radius 1 is 1.18 bits per heavy atom. The van der Waals surface area contributed by atoms with Gasteiger partial charge in [-0.3, -0.25) is 4.79 Å². The monoisotopic (exact) mass is 301 g/mol. The predicted molar refractivity (Wildman–Crippen MR) is 85.9 cm³/mol. The first kappa shape index (κ1) is 14.9. The van der Waals surface area contributed by atoms with Crippen LogP contribution in [0, 0.1) is 5.92 Å². The standard InChI is InChI=1S/C18H23NO3/c1-4-6-13(5-2)7-8-19-12(3)14-9-16-17(22-11-21-16)10-15(14)18(19)20/h9-10,13H,3-8,11H2,1-2H3. The van der Waals surface area contributed by atoms with Crippen molar-refractivity contribution in [3.63, 3.8) is 0 Å². The quantitative estimate of drug-likeness (QED) is 0.795. The molecule has 4 heteroatoms. The second kappa shape index (κ2) is 6.03. The van der Waals surface area contributed by atoms with Gasteiger partial charge in [0.1, 0.15) is 0 Å². The number of rotatable bonds is 6. The molecule has 0 aliphatic carbocycles. The molecule has 4 nitrogen and oxygen atoms in total. The van der Waals surface area contributed by atoms with E-state index in [1.165, 1.54) is 12.8 Å². The SMILES string of the molecule is C=C1c2cc3c(cc2C(=O)N1CCC(CC)CCC)OCO3. The van der Waals surface area contributed by atoms with Crippen molar-refractivity contribution in [2.24, 2.45) is 5.92 Å². The molecule has 1 amide bonds. The molecular formula is C18H23NO3. The molecule has 0 saturated carbocycles. The Labute approximate surface area is 131 Å². The van der Waals surface area contributed by atoms with Crippen LogP contribution in [0.2, 0.25) is 0 Å². The molecule has 0 radical (unpaired) electrons. The lowest BCUT2D eigenvalue weighted by Gasteiger charge is -2.21.